The van der Waals surface area contributed by atoms with Crippen LogP contribution in [-0.2, 0) is 11.2 Å². The molecule has 4 heteroatoms. The molecule has 0 saturated heterocycles. The standard InChI is InChI=1S/C16H22ClNO2/c1-11-10-18(15(19)20-16(2,3)4)8-7-12-5-6-13(17)9-14(11)12/h5-6,9,11H,7-8,10H2,1-4H3/t11-/m1/s1. The van der Waals surface area contributed by atoms with Crippen LogP contribution in [0.25, 0.3) is 0 Å². The summed E-state index contributed by atoms with van der Waals surface area (Å²) < 4.78 is 5.46. The number of rotatable bonds is 0. The molecule has 0 bridgehead atoms. The fourth-order valence-electron chi connectivity index (χ4n) is 2.52. The lowest BCUT2D eigenvalue weighted by Gasteiger charge is -2.27. The summed E-state index contributed by atoms with van der Waals surface area (Å²) in [4.78, 5) is 14.0. The summed E-state index contributed by atoms with van der Waals surface area (Å²) in [6.07, 6.45) is 0.610. The Morgan fingerprint density at radius 2 is 2.10 bits per heavy atom. The lowest BCUT2D eigenvalue weighted by molar-refractivity contribution is 0.0248. The van der Waals surface area contributed by atoms with Crippen LogP contribution in [0.3, 0.4) is 0 Å². The SMILES string of the molecule is C[C@@H]1CN(C(=O)OC(C)(C)C)CCc2ccc(Cl)cc21. The molecule has 0 fully saturated rings. The van der Waals surface area contributed by atoms with E-state index >= 15 is 0 Å². The molecule has 0 aliphatic carbocycles. The van der Waals surface area contributed by atoms with Gasteiger partial charge >= 0.3 is 6.09 Å². The zero-order valence-corrected chi connectivity index (χ0v) is 13.3. The molecule has 1 aromatic rings. The Bertz CT molecular complexity index is 508. The minimum absolute atomic E-state index is 0.233. The minimum Gasteiger partial charge on any atom is -0.444 e. The van der Waals surface area contributed by atoms with Crippen molar-refractivity contribution in [3.63, 3.8) is 0 Å². The highest BCUT2D eigenvalue weighted by molar-refractivity contribution is 6.30. The van der Waals surface area contributed by atoms with Crippen molar-refractivity contribution >= 4 is 17.7 Å². The quantitative estimate of drug-likeness (QED) is 0.716. The molecule has 1 heterocycles. The number of nitrogens with zero attached hydrogens (tertiary/aromatic N) is 1. The monoisotopic (exact) mass is 295 g/mol. The fourth-order valence-corrected chi connectivity index (χ4v) is 2.70. The van der Waals surface area contributed by atoms with E-state index < -0.39 is 5.60 Å². The van der Waals surface area contributed by atoms with Crippen LogP contribution in [0.1, 0.15) is 44.7 Å². The Labute approximate surface area is 125 Å². The van der Waals surface area contributed by atoms with Crippen molar-refractivity contribution in [3.8, 4) is 0 Å². The molecule has 0 unspecified atom stereocenters. The largest absolute Gasteiger partial charge is 0.444 e. The zero-order valence-electron chi connectivity index (χ0n) is 12.6. The van der Waals surface area contributed by atoms with Crippen LogP contribution in [0, 0.1) is 0 Å². The third-order valence-electron chi connectivity index (χ3n) is 3.44. The van der Waals surface area contributed by atoms with Gasteiger partial charge in [-0.2, -0.15) is 0 Å². The van der Waals surface area contributed by atoms with Gasteiger partial charge in [0.2, 0.25) is 0 Å². The topological polar surface area (TPSA) is 29.5 Å². The second-order valence-electron chi connectivity index (χ2n) is 6.42. The van der Waals surface area contributed by atoms with E-state index in [9.17, 15) is 4.79 Å². The fraction of sp³-hybridized carbons (Fsp3) is 0.562. The van der Waals surface area contributed by atoms with E-state index in [0.717, 1.165) is 11.4 Å². The third-order valence-corrected chi connectivity index (χ3v) is 3.67. The molecular formula is C16H22ClNO2. The second kappa shape index (κ2) is 5.65. The van der Waals surface area contributed by atoms with Gasteiger partial charge < -0.3 is 9.64 Å². The summed E-state index contributed by atoms with van der Waals surface area (Å²) in [6, 6.07) is 5.99. The van der Waals surface area contributed by atoms with E-state index in [1.165, 1.54) is 11.1 Å². The predicted octanol–water partition coefficient (Wildman–Crippen LogP) is 4.24. The number of carbonyl (C=O) groups is 1. The summed E-state index contributed by atoms with van der Waals surface area (Å²) in [5, 5.41) is 0.751. The smallest absolute Gasteiger partial charge is 0.410 e. The van der Waals surface area contributed by atoms with E-state index in [4.69, 9.17) is 16.3 Å². The molecule has 0 radical (unpaired) electrons. The molecule has 0 saturated carbocycles. The van der Waals surface area contributed by atoms with Gasteiger partial charge in [0.15, 0.2) is 0 Å². The molecule has 20 heavy (non-hydrogen) atoms. The van der Waals surface area contributed by atoms with Gasteiger partial charge in [0.25, 0.3) is 0 Å². The van der Waals surface area contributed by atoms with E-state index in [-0.39, 0.29) is 12.0 Å². The van der Waals surface area contributed by atoms with Gasteiger partial charge in [-0.3, -0.25) is 0 Å². The van der Waals surface area contributed by atoms with Gasteiger partial charge in [0.05, 0.1) is 0 Å². The maximum atomic E-state index is 12.2. The summed E-state index contributed by atoms with van der Waals surface area (Å²) in [5.41, 5.74) is 2.06. The second-order valence-corrected chi connectivity index (χ2v) is 6.86. The zero-order chi connectivity index (χ0) is 14.9. The Hall–Kier alpha value is -1.22. The molecule has 1 atom stereocenters. The van der Waals surface area contributed by atoms with Crippen molar-refractivity contribution < 1.29 is 9.53 Å². The number of ether oxygens (including phenoxy) is 1. The van der Waals surface area contributed by atoms with E-state index in [1.54, 1.807) is 4.90 Å². The Balaban J connectivity index is 2.15. The summed E-state index contributed by atoms with van der Waals surface area (Å²) in [5.74, 6) is 0.263. The predicted molar refractivity (Wildman–Crippen MR) is 81.4 cm³/mol. The number of hydrogen-bond donors (Lipinski definition) is 0. The molecule has 1 amide bonds. The molecule has 1 aliphatic heterocycles. The van der Waals surface area contributed by atoms with E-state index in [1.807, 2.05) is 32.9 Å². The van der Waals surface area contributed by atoms with Gasteiger partial charge in [-0.15, -0.1) is 0 Å². The first-order valence-corrected chi connectivity index (χ1v) is 7.40. The minimum atomic E-state index is -0.456. The highest BCUT2D eigenvalue weighted by atomic mass is 35.5. The van der Waals surface area contributed by atoms with E-state index in [2.05, 4.69) is 13.0 Å². The van der Waals surface area contributed by atoms with Crippen LogP contribution in [0.4, 0.5) is 4.79 Å². The number of benzene rings is 1. The van der Waals surface area contributed by atoms with Crippen LogP contribution in [0.5, 0.6) is 0 Å². The summed E-state index contributed by atoms with van der Waals surface area (Å²) in [7, 11) is 0. The first-order chi connectivity index (χ1) is 9.26. The number of carbonyl (C=O) groups excluding carboxylic acids is 1. The van der Waals surface area contributed by atoms with Gasteiger partial charge in [0.1, 0.15) is 5.60 Å². The van der Waals surface area contributed by atoms with Crippen LogP contribution >= 0.6 is 11.6 Å². The molecule has 0 aromatic heterocycles. The Morgan fingerprint density at radius 3 is 2.75 bits per heavy atom. The molecule has 2 rings (SSSR count). The van der Waals surface area contributed by atoms with Gasteiger partial charge in [0, 0.05) is 18.1 Å². The van der Waals surface area contributed by atoms with Crippen molar-refractivity contribution in [3.05, 3.63) is 34.3 Å². The summed E-state index contributed by atoms with van der Waals surface area (Å²) >= 11 is 6.08. The van der Waals surface area contributed by atoms with Crippen LogP contribution in [0.15, 0.2) is 18.2 Å². The van der Waals surface area contributed by atoms with Gasteiger partial charge in [-0.1, -0.05) is 24.6 Å². The number of hydrogen-bond acceptors (Lipinski definition) is 2. The average Bonchev–Trinajstić information content (AvgIpc) is 2.47. The first-order valence-electron chi connectivity index (χ1n) is 7.02. The number of halogens is 1. The highest BCUT2D eigenvalue weighted by Crippen LogP contribution is 2.28. The first kappa shape index (κ1) is 15.2. The van der Waals surface area contributed by atoms with Crippen molar-refractivity contribution in [2.75, 3.05) is 13.1 Å². The summed E-state index contributed by atoms with van der Waals surface area (Å²) in [6.45, 7) is 9.15. The van der Waals surface area contributed by atoms with Gasteiger partial charge in [-0.25, -0.2) is 4.79 Å². The number of amides is 1. The molecule has 1 aromatic carbocycles. The maximum Gasteiger partial charge on any atom is 0.410 e. The molecule has 3 nitrogen and oxygen atoms in total. The molecule has 0 N–H and O–H groups in total. The van der Waals surface area contributed by atoms with Crippen molar-refractivity contribution in [2.24, 2.45) is 0 Å². The molecule has 1 aliphatic rings. The average molecular weight is 296 g/mol. The van der Waals surface area contributed by atoms with Crippen molar-refractivity contribution in [1.82, 2.24) is 4.90 Å². The Morgan fingerprint density at radius 1 is 1.40 bits per heavy atom. The lowest BCUT2D eigenvalue weighted by atomic mass is 9.95. The van der Waals surface area contributed by atoms with Crippen LogP contribution < -0.4 is 0 Å². The highest BCUT2D eigenvalue weighted by Gasteiger charge is 2.27. The lowest BCUT2D eigenvalue weighted by Crippen LogP contribution is -2.38. The Kier molecular flexibility index (Phi) is 4.28. The van der Waals surface area contributed by atoms with E-state index in [0.29, 0.717) is 13.1 Å². The number of fused-ring (bicyclic) bond motifs is 1. The van der Waals surface area contributed by atoms with Crippen LogP contribution in [0.2, 0.25) is 5.02 Å². The van der Waals surface area contributed by atoms with Gasteiger partial charge in [-0.05, 0) is 56.4 Å². The van der Waals surface area contributed by atoms with Crippen LogP contribution in [-0.4, -0.2) is 29.7 Å². The maximum absolute atomic E-state index is 12.2. The molecule has 0 spiro atoms. The normalized spacial score (nSPS) is 19.2. The third kappa shape index (κ3) is 3.66. The van der Waals surface area contributed by atoms with Crippen molar-refractivity contribution in [1.29, 1.82) is 0 Å². The molecule has 110 valence electrons. The van der Waals surface area contributed by atoms with Crippen molar-refractivity contribution in [2.45, 2.75) is 45.6 Å². The molecular weight excluding hydrogens is 274 g/mol.